The lowest BCUT2D eigenvalue weighted by Crippen LogP contribution is -2.54. The minimum absolute atomic E-state index is 0.108. The first-order chi connectivity index (χ1) is 13.2. The Kier molecular flexibility index (Phi) is 5.04. The summed E-state index contributed by atoms with van der Waals surface area (Å²) in [4.78, 5) is 32.3. The molecule has 0 N–H and O–H groups in total. The third-order valence-electron chi connectivity index (χ3n) is 5.16. The Morgan fingerprint density at radius 2 is 1.41 bits per heavy atom. The first kappa shape index (κ1) is 17.5. The lowest BCUT2D eigenvalue weighted by atomic mass is 10.1. The Morgan fingerprint density at radius 3 is 2.11 bits per heavy atom. The first-order valence-electron chi connectivity index (χ1n) is 9.53. The van der Waals surface area contributed by atoms with Gasteiger partial charge in [-0.3, -0.25) is 4.79 Å². The number of benzene rings is 1. The highest BCUT2D eigenvalue weighted by Gasteiger charge is 2.29. The number of rotatable bonds is 2. The fourth-order valence-electron chi connectivity index (χ4n) is 3.59. The van der Waals surface area contributed by atoms with E-state index in [1.807, 2.05) is 40.1 Å². The summed E-state index contributed by atoms with van der Waals surface area (Å²) in [7, 11) is 0. The highest BCUT2D eigenvalue weighted by atomic mass is 16.2. The minimum Gasteiger partial charge on any atom is -0.334 e. The van der Waals surface area contributed by atoms with E-state index in [2.05, 4.69) is 10.2 Å². The summed E-state index contributed by atoms with van der Waals surface area (Å²) in [5.41, 5.74) is 1.14. The number of hydrogen-bond donors (Lipinski definition) is 0. The van der Waals surface area contributed by atoms with E-state index >= 15 is 0 Å². The molecule has 0 aliphatic carbocycles. The monoisotopic (exact) mass is 368 g/mol. The summed E-state index contributed by atoms with van der Waals surface area (Å²) < 4.78 is 0. The maximum atomic E-state index is 12.7. The van der Waals surface area contributed by atoms with Crippen molar-refractivity contribution in [3.8, 4) is 5.69 Å². The van der Waals surface area contributed by atoms with Crippen LogP contribution in [-0.4, -0.2) is 80.9 Å². The van der Waals surface area contributed by atoms with Gasteiger partial charge in [-0.05, 0) is 31.4 Å². The van der Waals surface area contributed by atoms with E-state index in [-0.39, 0.29) is 11.9 Å². The average Bonchev–Trinajstić information content (AvgIpc) is 3.24. The van der Waals surface area contributed by atoms with Crippen LogP contribution in [0.2, 0.25) is 0 Å². The van der Waals surface area contributed by atoms with Crippen LogP contribution in [0.1, 0.15) is 29.8 Å². The highest BCUT2D eigenvalue weighted by molar-refractivity contribution is 5.92. The number of urea groups is 1. The zero-order valence-electron chi connectivity index (χ0n) is 15.3. The maximum absolute atomic E-state index is 12.7. The Bertz CT molecular complexity index is 792. The zero-order valence-corrected chi connectivity index (χ0v) is 15.3. The molecule has 2 aliphatic rings. The molecule has 0 atom stereocenters. The summed E-state index contributed by atoms with van der Waals surface area (Å²) in [6.07, 6.45) is 4.87. The van der Waals surface area contributed by atoms with Crippen LogP contribution in [-0.2, 0) is 0 Å². The van der Waals surface area contributed by atoms with E-state index in [1.54, 1.807) is 4.90 Å². The predicted molar refractivity (Wildman–Crippen MR) is 99.7 cm³/mol. The van der Waals surface area contributed by atoms with Crippen LogP contribution in [0, 0.1) is 0 Å². The number of piperidine rings is 1. The maximum Gasteiger partial charge on any atom is 0.320 e. The number of carbonyl (C=O) groups excluding carboxylic acids is 2. The van der Waals surface area contributed by atoms with Gasteiger partial charge in [0.1, 0.15) is 0 Å². The highest BCUT2D eigenvalue weighted by Crippen LogP contribution is 2.14. The fourth-order valence-corrected chi connectivity index (χ4v) is 3.59. The van der Waals surface area contributed by atoms with Gasteiger partial charge >= 0.3 is 6.03 Å². The van der Waals surface area contributed by atoms with E-state index in [0.717, 1.165) is 31.6 Å². The first-order valence-corrected chi connectivity index (χ1v) is 9.53. The van der Waals surface area contributed by atoms with Crippen molar-refractivity contribution in [2.24, 2.45) is 0 Å². The van der Waals surface area contributed by atoms with E-state index in [4.69, 9.17) is 0 Å². The van der Waals surface area contributed by atoms with Crippen LogP contribution in [0.4, 0.5) is 4.79 Å². The molecule has 2 aliphatic heterocycles. The van der Waals surface area contributed by atoms with Gasteiger partial charge in [-0.1, -0.05) is 18.2 Å². The second-order valence-corrected chi connectivity index (χ2v) is 6.96. The summed E-state index contributed by atoms with van der Waals surface area (Å²) >= 11 is 0. The van der Waals surface area contributed by atoms with E-state index < -0.39 is 0 Å². The topological polar surface area (TPSA) is 74.6 Å². The predicted octanol–water partition coefficient (Wildman–Crippen LogP) is 1.63. The third-order valence-corrected chi connectivity index (χ3v) is 5.16. The van der Waals surface area contributed by atoms with Crippen LogP contribution in [0.15, 0.2) is 36.5 Å². The van der Waals surface area contributed by atoms with Crippen LogP contribution >= 0.6 is 0 Å². The molecule has 2 fully saturated rings. The molecule has 0 saturated carbocycles. The van der Waals surface area contributed by atoms with Gasteiger partial charge in [-0.2, -0.15) is 9.90 Å². The number of carbonyl (C=O) groups is 2. The van der Waals surface area contributed by atoms with Crippen molar-refractivity contribution in [3.63, 3.8) is 0 Å². The number of hydrogen-bond acceptors (Lipinski definition) is 4. The molecule has 27 heavy (non-hydrogen) atoms. The number of aromatic nitrogens is 3. The summed E-state index contributed by atoms with van der Waals surface area (Å²) in [5, 5.41) is 8.50. The van der Waals surface area contributed by atoms with Crippen LogP contribution in [0.3, 0.4) is 0 Å². The molecule has 1 aromatic heterocycles. The molecule has 3 amide bonds. The molecule has 0 spiro atoms. The second-order valence-electron chi connectivity index (χ2n) is 6.96. The van der Waals surface area contributed by atoms with Crippen LogP contribution in [0.5, 0.6) is 0 Å². The lowest BCUT2D eigenvalue weighted by Gasteiger charge is -2.38. The number of likely N-dealkylation sites (tertiary alicyclic amines) is 1. The standard InChI is InChI=1S/C19H24N6O2/c26-18(17-15-20-25(21-17)16-7-3-1-4-8-16)22-11-13-24(14-12-22)19(27)23-9-5-2-6-10-23/h1,3-4,7-8,15H,2,5-6,9-14H2. The molecule has 0 unspecified atom stereocenters. The molecule has 0 bridgehead atoms. The second kappa shape index (κ2) is 7.77. The quantitative estimate of drug-likeness (QED) is 0.808. The smallest absolute Gasteiger partial charge is 0.320 e. The van der Waals surface area contributed by atoms with Crippen molar-refractivity contribution in [3.05, 3.63) is 42.2 Å². The molecule has 2 saturated heterocycles. The van der Waals surface area contributed by atoms with Gasteiger partial charge in [0.2, 0.25) is 0 Å². The van der Waals surface area contributed by atoms with E-state index in [0.29, 0.717) is 31.9 Å². The van der Waals surface area contributed by atoms with Gasteiger partial charge in [-0.15, -0.1) is 5.10 Å². The Morgan fingerprint density at radius 1 is 0.778 bits per heavy atom. The molecule has 4 rings (SSSR count). The van der Waals surface area contributed by atoms with E-state index in [9.17, 15) is 9.59 Å². The molecular weight excluding hydrogens is 344 g/mol. The third kappa shape index (κ3) is 3.79. The van der Waals surface area contributed by atoms with Gasteiger partial charge in [-0.25, -0.2) is 4.79 Å². The van der Waals surface area contributed by atoms with Crippen molar-refractivity contribution in [2.75, 3.05) is 39.3 Å². The lowest BCUT2D eigenvalue weighted by molar-refractivity contribution is 0.0627. The number of para-hydroxylation sites is 1. The molecular formula is C19H24N6O2. The Labute approximate surface area is 158 Å². The minimum atomic E-state index is -0.137. The van der Waals surface area contributed by atoms with Gasteiger partial charge < -0.3 is 14.7 Å². The largest absolute Gasteiger partial charge is 0.334 e. The number of nitrogens with zero attached hydrogens (tertiary/aromatic N) is 6. The van der Waals surface area contributed by atoms with Crippen molar-refractivity contribution in [2.45, 2.75) is 19.3 Å². The van der Waals surface area contributed by atoms with Gasteiger partial charge in [0, 0.05) is 39.3 Å². The molecule has 3 heterocycles. The molecule has 1 aromatic carbocycles. The molecule has 142 valence electrons. The van der Waals surface area contributed by atoms with Gasteiger partial charge in [0.25, 0.3) is 5.91 Å². The Hall–Kier alpha value is -2.90. The fraction of sp³-hybridized carbons (Fsp3) is 0.474. The van der Waals surface area contributed by atoms with Crippen LogP contribution < -0.4 is 0 Å². The normalized spacial score (nSPS) is 17.9. The zero-order chi connectivity index (χ0) is 18.6. The molecule has 8 heteroatoms. The van der Waals surface area contributed by atoms with Crippen molar-refractivity contribution in [1.82, 2.24) is 29.7 Å². The SMILES string of the molecule is O=C(c1cnn(-c2ccccc2)n1)N1CCN(C(=O)N2CCCCC2)CC1. The Balaban J connectivity index is 1.35. The number of piperazine rings is 1. The molecule has 0 radical (unpaired) electrons. The van der Waals surface area contributed by atoms with Crippen LogP contribution in [0.25, 0.3) is 5.69 Å². The average molecular weight is 368 g/mol. The summed E-state index contributed by atoms with van der Waals surface area (Å²) in [6.45, 7) is 3.87. The summed E-state index contributed by atoms with van der Waals surface area (Å²) in [5.74, 6) is -0.137. The van der Waals surface area contributed by atoms with Gasteiger partial charge in [0.05, 0.1) is 11.9 Å². The molecule has 8 nitrogen and oxygen atoms in total. The van der Waals surface area contributed by atoms with Crippen molar-refractivity contribution in [1.29, 1.82) is 0 Å². The summed E-state index contributed by atoms with van der Waals surface area (Å²) in [6, 6.07) is 9.61. The van der Waals surface area contributed by atoms with Crippen molar-refractivity contribution >= 4 is 11.9 Å². The van der Waals surface area contributed by atoms with E-state index in [1.165, 1.54) is 17.4 Å². The van der Waals surface area contributed by atoms with Gasteiger partial charge in [0.15, 0.2) is 5.69 Å². The van der Waals surface area contributed by atoms with Crippen molar-refractivity contribution < 1.29 is 9.59 Å². The number of amides is 3. The molecule has 2 aromatic rings.